The normalized spacial score (nSPS) is 10.4. The minimum atomic E-state index is -0.193. The highest BCUT2D eigenvalue weighted by Crippen LogP contribution is 2.11. The smallest absolute Gasteiger partial charge is 0.269 e. The van der Waals surface area contributed by atoms with Crippen LogP contribution < -0.4 is 5.56 Å². The average Bonchev–Trinajstić information content (AvgIpc) is 2.09. The molecule has 13 heavy (non-hydrogen) atoms. The fraction of sp³-hybridized carbons (Fsp3) is 0.375. The topological polar surface area (TPSA) is 31.2 Å². The number of methoxy groups -OCH3 is 1. The summed E-state index contributed by atoms with van der Waals surface area (Å²) in [5.41, 5.74) is -0.193. The van der Waals surface area contributed by atoms with Crippen molar-refractivity contribution in [2.24, 2.45) is 0 Å². The number of ether oxygens (including phenoxy) is 1. The van der Waals surface area contributed by atoms with Gasteiger partial charge in [-0.05, 0) is 22.0 Å². The highest BCUT2D eigenvalue weighted by atomic mass is 79.9. The van der Waals surface area contributed by atoms with Crippen LogP contribution in [0.4, 0.5) is 0 Å². The summed E-state index contributed by atoms with van der Waals surface area (Å²) in [6.45, 7) is 1.00. The van der Waals surface area contributed by atoms with E-state index in [1.165, 1.54) is 4.57 Å². The fourth-order valence-corrected chi connectivity index (χ4v) is 1.75. The van der Waals surface area contributed by atoms with Gasteiger partial charge in [0.25, 0.3) is 5.56 Å². The van der Waals surface area contributed by atoms with Gasteiger partial charge in [-0.2, -0.15) is 0 Å². The zero-order valence-electron chi connectivity index (χ0n) is 7.09. The van der Waals surface area contributed by atoms with Crippen molar-refractivity contribution in [1.82, 2.24) is 4.57 Å². The maximum Gasteiger partial charge on any atom is 0.269 e. The molecule has 0 aromatic carbocycles. The van der Waals surface area contributed by atoms with Crippen LogP contribution in [0, 0.1) is 0 Å². The fourth-order valence-electron chi connectivity index (χ4n) is 0.920. The highest BCUT2D eigenvalue weighted by Gasteiger charge is 2.02. The molecule has 1 aromatic rings. The van der Waals surface area contributed by atoms with E-state index in [4.69, 9.17) is 16.3 Å². The number of pyridine rings is 1. The summed E-state index contributed by atoms with van der Waals surface area (Å²) in [6, 6.07) is 1.58. The molecule has 0 N–H and O–H groups in total. The molecule has 72 valence electrons. The van der Waals surface area contributed by atoms with E-state index in [-0.39, 0.29) is 10.6 Å². The first-order chi connectivity index (χ1) is 6.15. The number of aromatic nitrogens is 1. The van der Waals surface area contributed by atoms with Gasteiger partial charge in [-0.25, -0.2) is 0 Å². The Morgan fingerprint density at radius 2 is 2.38 bits per heavy atom. The summed E-state index contributed by atoms with van der Waals surface area (Å²) in [6.07, 6.45) is 1.69. The van der Waals surface area contributed by atoms with Crippen molar-refractivity contribution in [3.05, 3.63) is 32.1 Å². The second-order valence-corrected chi connectivity index (χ2v) is 3.82. The van der Waals surface area contributed by atoms with Crippen LogP contribution >= 0.6 is 27.5 Å². The van der Waals surface area contributed by atoms with E-state index in [0.29, 0.717) is 13.2 Å². The van der Waals surface area contributed by atoms with Crippen molar-refractivity contribution in [3.63, 3.8) is 0 Å². The summed E-state index contributed by atoms with van der Waals surface area (Å²) in [7, 11) is 1.59. The van der Waals surface area contributed by atoms with Gasteiger partial charge in [0.1, 0.15) is 5.02 Å². The summed E-state index contributed by atoms with van der Waals surface area (Å²) in [5, 5.41) is 0.213. The molecule has 3 nitrogen and oxygen atoms in total. The van der Waals surface area contributed by atoms with Crippen LogP contribution in [0.15, 0.2) is 21.5 Å². The largest absolute Gasteiger partial charge is 0.383 e. The van der Waals surface area contributed by atoms with Gasteiger partial charge in [-0.15, -0.1) is 0 Å². The van der Waals surface area contributed by atoms with E-state index in [1.54, 1.807) is 19.4 Å². The predicted molar refractivity (Wildman–Crippen MR) is 55.3 cm³/mol. The first-order valence-corrected chi connectivity index (χ1v) is 4.86. The van der Waals surface area contributed by atoms with Crippen molar-refractivity contribution in [1.29, 1.82) is 0 Å². The Balaban J connectivity index is 2.99. The van der Waals surface area contributed by atoms with Gasteiger partial charge in [0.15, 0.2) is 0 Å². The van der Waals surface area contributed by atoms with Gasteiger partial charge >= 0.3 is 0 Å². The Kier molecular flexibility index (Phi) is 3.96. The molecule has 1 heterocycles. The quantitative estimate of drug-likeness (QED) is 0.837. The van der Waals surface area contributed by atoms with Crippen molar-refractivity contribution in [2.75, 3.05) is 13.7 Å². The number of rotatable bonds is 3. The maximum atomic E-state index is 11.4. The highest BCUT2D eigenvalue weighted by molar-refractivity contribution is 9.10. The monoisotopic (exact) mass is 265 g/mol. The Morgan fingerprint density at radius 1 is 1.69 bits per heavy atom. The third-order valence-electron chi connectivity index (χ3n) is 1.55. The third kappa shape index (κ3) is 2.83. The molecule has 0 radical (unpaired) electrons. The lowest BCUT2D eigenvalue weighted by molar-refractivity contribution is 0.186. The van der Waals surface area contributed by atoms with Crippen molar-refractivity contribution in [3.8, 4) is 0 Å². The van der Waals surface area contributed by atoms with Gasteiger partial charge in [0.2, 0.25) is 0 Å². The van der Waals surface area contributed by atoms with Crippen LogP contribution in [0.3, 0.4) is 0 Å². The van der Waals surface area contributed by atoms with Crippen LogP contribution in [0.25, 0.3) is 0 Å². The van der Waals surface area contributed by atoms with E-state index in [1.807, 2.05) is 0 Å². The van der Waals surface area contributed by atoms with Gasteiger partial charge in [-0.1, -0.05) is 11.6 Å². The maximum absolute atomic E-state index is 11.4. The molecule has 1 rings (SSSR count). The lowest BCUT2D eigenvalue weighted by Crippen LogP contribution is -2.21. The summed E-state index contributed by atoms with van der Waals surface area (Å²) in [5.74, 6) is 0. The molecule has 0 unspecified atom stereocenters. The first-order valence-electron chi connectivity index (χ1n) is 3.69. The van der Waals surface area contributed by atoms with Crippen LogP contribution in [0.1, 0.15) is 0 Å². The molecule has 0 aliphatic heterocycles. The van der Waals surface area contributed by atoms with Crippen LogP contribution in [-0.4, -0.2) is 18.3 Å². The summed E-state index contributed by atoms with van der Waals surface area (Å²) < 4.78 is 7.16. The lowest BCUT2D eigenvalue weighted by atomic mass is 10.4. The number of hydrogen-bond donors (Lipinski definition) is 0. The van der Waals surface area contributed by atoms with E-state index >= 15 is 0 Å². The van der Waals surface area contributed by atoms with Gasteiger partial charge in [-0.3, -0.25) is 4.79 Å². The van der Waals surface area contributed by atoms with E-state index < -0.39 is 0 Å². The van der Waals surface area contributed by atoms with Crippen molar-refractivity contribution < 1.29 is 4.74 Å². The molecule has 1 aromatic heterocycles. The van der Waals surface area contributed by atoms with Gasteiger partial charge in [0.05, 0.1) is 6.61 Å². The molecule has 0 saturated heterocycles. The molecule has 0 aliphatic carbocycles. The Bertz CT molecular complexity index is 350. The molecule has 0 aliphatic rings. The molecule has 0 fully saturated rings. The van der Waals surface area contributed by atoms with Crippen LogP contribution in [0.5, 0.6) is 0 Å². The van der Waals surface area contributed by atoms with Crippen molar-refractivity contribution >= 4 is 27.5 Å². The SMILES string of the molecule is COCCn1cc(Br)cc(Cl)c1=O. The first kappa shape index (κ1) is 10.8. The second-order valence-electron chi connectivity index (χ2n) is 2.50. The zero-order valence-corrected chi connectivity index (χ0v) is 9.43. The number of hydrogen-bond acceptors (Lipinski definition) is 2. The molecule has 5 heteroatoms. The Hall–Kier alpha value is -0.320. The van der Waals surface area contributed by atoms with E-state index in [2.05, 4.69) is 15.9 Å². The van der Waals surface area contributed by atoms with Crippen LogP contribution in [0.2, 0.25) is 5.02 Å². The molecule has 0 spiro atoms. The van der Waals surface area contributed by atoms with Gasteiger partial charge < -0.3 is 9.30 Å². The molecule has 0 atom stereocenters. The minimum absolute atomic E-state index is 0.193. The molecular formula is C8H9BrClNO2. The predicted octanol–water partition coefficient (Wildman–Crippen LogP) is 1.91. The van der Waals surface area contributed by atoms with Crippen molar-refractivity contribution in [2.45, 2.75) is 6.54 Å². The minimum Gasteiger partial charge on any atom is -0.383 e. The van der Waals surface area contributed by atoms with Gasteiger partial charge in [0, 0.05) is 24.3 Å². The Labute approximate surface area is 89.4 Å². The molecule has 0 bridgehead atoms. The third-order valence-corrected chi connectivity index (χ3v) is 2.25. The van der Waals surface area contributed by atoms with E-state index in [9.17, 15) is 4.79 Å². The molecular weight excluding hydrogens is 257 g/mol. The lowest BCUT2D eigenvalue weighted by Gasteiger charge is -2.05. The second kappa shape index (κ2) is 4.79. The summed E-state index contributed by atoms with van der Waals surface area (Å²) in [4.78, 5) is 11.4. The standard InChI is InChI=1S/C8H9BrClNO2/c1-13-3-2-11-5-6(9)4-7(10)8(11)12/h4-5H,2-3H2,1H3. The molecule has 0 saturated carbocycles. The number of nitrogens with zero attached hydrogens (tertiary/aromatic N) is 1. The number of halogens is 2. The average molecular weight is 267 g/mol. The Morgan fingerprint density at radius 3 is 3.00 bits per heavy atom. The van der Waals surface area contributed by atoms with Crippen LogP contribution in [-0.2, 0) is 11.3 Å². The zero-order chi connectivity index (χ0) is 9.84. The summed E-state index contributed by atoms with van der Waals surface area (Å²) >= 11 is 8.95. The van der Waals surface area contributed by atoms with E-state index in [0.717, 1.165) is 4.47 Å². The molecule has 0 amide bonds.